The second-order valence-corrected chi connectivity index (χ2v) is 5.44. The number of benzene rings is 1. The Labute approximate surface area is 130 Å². The van der Waals surface area contributed by atoms with Crippen molar-refractivity contribution in [3.05, 3.63) is 55.0 Å². The first-order valence-electron chi connectivity index (χ1n) is 7.30. The summed E-state index contributed by atoms with van der Waals surface area (Å²) in [5, 5.41) is 16.6. The molecule has 4 aromatic heterocycles. The van der Waals surface area contributed by atoms with Crippen molar-refractivity contribution in [3.8, 4) is 22.5 Å². The van der Waals surface area contributed by atoms with Crippen LogP contribution in [0.1, 0.15) is 0 Å². The largest absolute Gasteiger partial charge is 0.338 e. The molecule has 6 nitrogen and oxygen atoms in total. The minimum absolute atomic E-state index is 0.865. The molecule has 0 spiro atoms. The maximum absolute atomic E-state index is 4.48. The quantitative estimate of drug-likeness (QED) is 0.466. The molecule has 1 aromatic carbocycles. The number of hydrogen-bond acceptors (Lipinski definition) is 3. The van der Waals surface area contributed by atoms with Gasteiger partial charge < -0.3 is 4.98 Å². The van der Waals surface area contributed by atoms with Gasteiger partial charge in [0.25, 0.3) is 0 Å². The molecule has 0 radical (unpaired) electrons. The minimum Gasteiger partial charge on any atom is -0.338 e. The first-order valence-corrected chi connectivity index (χ1v) is 7.30. The summed E-state index contributed by atoms with van der Waals surface area (Å²) >= 11 is 0. The maximum Gasteiger partial charge on any atom is 0.137 e. The van der Waals surface area contributed by atoms with E-state index < -0.39 is 0 Å². The molecule has 110 valence electrons. The van der Waals surface area contributed by atoms with Gasteiger partial charge in [-0.2, -0.15) is 10.2 Å². The molecule has 6 heteroatoms. The first-order chi connectivity index (χ1) is 11.4. The highest BCUT2D eigenvalue weighted by molar-refractivity contribution is 5.97. The Morgan fingerprint density at radius 3 is 2.87 bits per heavy atom. The fraction of sp³-hybridized carbons (Fsp3) is 0. The van der Waals surface area contributed by atoms with Gasteiger partial charge in [-0.1, -0.05) is 6.07 Å². The highest BCUT2D eigenvalue weighted by atomic mass is 15.1. The van der Waals surface area contributed by atoms with Crippen molar-refractivity contribution >= 4 is 21.9 Å². The Kier molecular flexibility index (Phi) is 2.40. The van der Waals surface area contributed by atoms with Gasteiger partial charge in [-0.25, -0.2) is 4.98 Å². The minimum atomic E-state index is 0.865. The summed E-state index contributed by atoms with van der Waals surface area (Å²) in [6.07, 6.45) is 5.48. The van der Waals surface area contributed by atoms with Crippen LogP contribution < -0.4 is 0 Å². The van der Waals surface area contributed by atoms with Crippen LogP contribution in [0, 0.1) is 0 Å². The lowest BCUT2D eigenvalue weighted by molar-refractivity contribution is 1.09. The second-order valence-electron chi connectivity index (χ2n) is 5.44. The summed E-state index contributed by atoms with van der Waals surface area (Å²) in [6.45, 7) is 0. The molecule has 0 aliphatic heterocycles. The van der Waals surface area contributed by atoms with E-state index in [0.717, 1.165) is 44.5 Å². The number of aromatic nitrogens is 6. The Morgan fingerprint density at radius 2 is 2.00 bits per heavy atom. The predicted molar refractivity (Wildman–Crippen MR) is 88.8 cm³/mol. The SMILES string of the molecule is c1cnc2[nH]c(-c3n[nH]c4ccc(-c5cn[nH]c5)cc34)cc2c1. The standard InChI is InChI=1S/C17H12N6/c1-2-11-7-15(21-17(11)18-5-1)16-13-6-10(12-8-19-20-9-12)3-4-14(13)22-23-16/h1-9H,(H,18,21)(H,19,20)(H,22,23). The van der Waals surface area contributed by atoms with E-state index in [4.69, 9.17) is 0 Å². The van der Waals surface area contributed by atoms with Gasteiger partial charge in [-0.3, -0.25) is 10.2 Å². The van der Waals surface area contributed by atoms with Crippen LogP contribution in [0.15, 0.2) is 55.0 Å². The van der Waals surface area contributed by atoms with Gasteiger partial charge in [-0.05, 0) is 35.9 Å². The molecule has 0 saturated heterocycles. The molecular weight excluding hydrogens is 288 g/mol. The van der Waals surface area contributed by atoms with E-state index in [9.17, 15) is 0 Å². The molecule has 23 heavy (non-hydrogen) atoms. The zero-order chi connectivity index (χ0) is 15.2. The average molecular weight is 300 g/mol. The van der Waals surface area contributed by atoms with Crippen LogP contribution in [0.4, 0.5) is 0 Å². The Bertz CT molecular complexity index is 1080. The molecule has 4 heterocycles. The van der Waals surface area contributed by atoms with E-state index >= 15 is 0 Å². The molecule has 0 unspecified atom stereocenters. The van der Waals surface area contributed by atoms with Crippen LogP contribution in [0.25, 0.3) is 44.5 Å². The summed E-state index contributed by atoms with van der Waals surface area (Å²) < 4.78 is 0. The molecule has 0 aliphatic carbocycles. The Morgan fingerprint density at radius 1 is 1.00 bits per heavy atom. The number of hydrogen-bond donors (Lipinski definition) is 3. The van der Waals surface area contributed by atoms with Crippen LogP contribution in [0.3, 0.4) is 0 Å². The molecule has 0 bridgehead atoms. The third-order valence-electron chi connectivity index (χ3n) is 4.04. The van der Waals surface area contributed by atoms with Crippen LogP contribution in [0.2, 0.25) is 0 Å². The lowest BCUT2D eigenvalue weighted by Gasteiger charge is -1.98. The topological polar surface area (TPSA) is 86.0 Å². The van der Waals surface area contributed by atoms with Crippen molar-refractivity contribution in [3.63, 3.8) is 0 Å². The van der Waals surface area contributed by atoms with Crippen molar-refractivity contribution in [1.29, 1.82) is 0 Å². The highest BCUT2D eigenvalue weighted by Crippen LogP contribution is 2.31. The lowest BCUT2D eigenvalue weighted by atomic mass is 10.1. The number of H-pyrrole nitrogens is 3. The molecule has 0 aliphatic rings. The van der Waals surface area contributed by atoms with Crippen molar-refractivity contribution < 1.29 is 0 Å². The second kappa shape index (κ2) is 4.54. The number of nitrogens with zero attached hydrogens (tertiary/aromatic N) is 3. The first kappa shape index (κ1) is 12.2. The molecule has 0 amide bonds. The van der Waals surface area contributed by atoms with E-state index in [1.165, 1.54) is 0 Å². The fourth-order valence-corrected chi connectivity index (χ4v) is 2.89. The third kappa shape index (κ3) is 1.85. The van der Waals surface area contributed by atoms with E-state index in [1.54, 1.807) is 6.20 Å². The zero-order valence-electron chi connectivity index (χ0n) is 12.0. The summed E-state index contributed by atoms with van der Waals surface area (Å²) in [4.78, 5) is 7.68. The molecular formula is C17H12N6. The average Bonchev–Trinajstić information content (AvgIpc) is 3.32. The van der Waals surface area contributed by atoms with Crippen molar-refractivity contribution in [2.75, 3.05) is 0 Å². The predicted octanol–water partition coefficient (Wildman–Crippen LogP) is 3.50. The van der Waals surface area contributed by atoms with Crippen LogP contribution in [0.5, 0.6) is 0 Å². The number of aromatic amines is 3. The van der Waals surface area contributed by atoms with Crippen LogP contribution >= 0.6 is 0 Å². The molecule has 5 aromatic rings. The van der Waals surface area contributed by atoms with Crippen molar-refractivity contribution in [2.45, 2.75) is 0 Å². The molecule has 0 saturated carbocycles. The highest BCUT2D eigenvalue weighted by Gasteiger charge is 2.12. The van der Waals surface area contributed by atoms with E-state index in [2.05, 4.69) is 48.6 Å². The number of fused-ring (bicyclic) bond motifs is 2. The van der Waals surface area contributed by atoms with E-state index in [1.807, 2.05) is 30.6 Å². The van der Waals surface area contributed by atoms with Crippen molar-refractivity contribution in [1.82, 2.24) is 30.4 Å². The monoisotopic (exact) mass is 300 g/mol. The Hall–Kier alpha value is -3.41. The molecule has 5 rings (SSSR count). The van der Waals surface area contributed by atoms with E-state index in [0.29, 0.717) is 0 Å². The molecule has 0 atom stereocenters. The van der Waals surface area contributed by atoms with Gasteiger partial charge in [0.2, 0.25) is 0 Å². The Balaban J connectivity index is 1.73. The number of rotatable bonds is 2. The smallest absolute Gasteiger partial charge is 0.137 e. The maximum atomic E-state index is 4.48. The molecule has 3 N–H and O–H groups in total. The van der Waals surface area contributed by atoms with Gasteiger partial charge >= 0.3 is 0 Å². The van der Waals surface area contributed by atoms with Gasteiger partial charge in [0.05, 0.1) is 17.4 Å². The van der Waals surface area contributed by atoms with E-state index in [-0.39, 0.29) is 0 Å². The summed E-state index contributed by atoms with van der Waals surface area (Å²) in [7, 11) is 0. The number of pyridine rings is 1. The third-order valence-corrected chi connectivity index (χ3v) is 4.04. The van der Waals surface area contributed by atoms with Gasteiger partial charge in [0.1, 0.15) is 11.3 Å². The number of nitrogens with one attached hydrogen (secondary N) is 3. The van der Waals surface area contributed by atoms with Gasteiger partial charge in [0, 0.05) is 28.7 Å². The summed E-state index contributed by atoms with van der Waals surface area (Å²) in [5.74, 6) is 0. The fourth-order valence-electron chi connectivity index (χ4n) is 2.89. The van der Waals surface area contributed by atoms with Crippen LogP contribution in [-0.2, 0) is 0 Å². The zero-order valence-corrected chi connectivity index (χ0v) is 12.0. The summed E-state index contributed by atoms with van der Waals surface area (Å²) in [6, 6.07) is 12.3. The van der Waals surface area contributed by atoms with Crippen molar-refractivity contribution in [2.24, 2.45) is 0 Å². The lowest BCUT2D eigenvalue weighted by Crippen LogP contribution is -1.80. The summed E-state index contributed by atoms with van der Waals surface area (Å²) in [5.41, 5.74) is 5.86. The normalized spacial score (nSPS) is 11.5. The van der Waals surface area contributed by atoms with Gasteiger partial charge in [-0.15, -0.1) is 0 Å². The van der Waals surface area contributed by atoms with Gasteiger partial charge in [0.15, 0.2) is 0 Å². The molecule has 0 fully saturated rings. The van der Waals surface area contributed by atoms with Crippen LogP contribution in [-0.4, -0.2) is 30.4 Å².